The number of nitrogens with one attached hydrogen (secondary N) is 1. The minimum Gasteiger partial charge on any atom is -0.478 e. The van der Waals surface area contributed by atoms with Gasteiger partial charge in [0.2, 0.25) is 5.91 Å². The zero-order valence-corrected chi connectivity index (χ0v) is 22.5. The Hall–Kier alpha value is -4.04. The molecule has 0 saturated heterocycles. The summed E-state index contributed by atoms with van der Waals surface area (Å²) in [6.45, 7) is 11.3. The summed E-state index contributed by atoms with van der Waals surface area (Å²) in [5, 5.41) is 12.3. The van der Waals surface area contributed by atoms with Crippen molar-refractivity contribution in [1.29, 1.82) is 0 Å². The van der Waals surface area contributed by atoms with Gasteiger partial charge in [-0.15, -0.1) is 11.8 Å². The van der Waals surface area contributed by atoms with Gasteiger partial charge in [0, 0.05) is 35.4 Å². The lowest BCUT2D eigenvalue weighted by atomic mass is 10.2. The number of rotatable bonds is 9. The first-order valence-corrected chi connectivity index (χ1v) is 12.9. The van der Waals surface area contributed by atoms with E-state index >= 15 is 0 Å². The largest absolute Gasteiger partial charge is 0.478 e. The Balaban J connectivity index is 1.85. The van der Waals surface area contributed by atoms with Crippen molar-refractivity contribution < 1.29 is 19.5 Å². The topological polar surface area (TPSA) is 91.6 Å². The molecule has 7 nitrogen and oxygen atoms in total. The van der Waals surface area contributed by atoms with E-state index < -0.39 is 11.9 Å². The van der Waals surface area contributed by atoms with E-state index in [0.717, 1.165) is 33.9 Å². The van der Waals surface area contributed by atoms with Gasteiger partial charge in [0.25, 0.3) is 5.91 Å². The van der Waals surface area contributed by atoms with E-state index in [9.17, 15) is 19.5 Å². The zero-order chi connectivity index (χ0) is 27.3. The van der Waals surface area contributed by atoms with Crippen molar-refractivity contribution in [1.82, 2.24) is 9.47 Å². The molecule has 0 unspecified atom stereocenters. The molecule has 0 aliphatic carbocycles. The number of aromatic carboxylic acids is 1. The molecule has 8 heteroatoms. The predicted molar refractivity (Wildman–Crippen MR) is 150 cm³/mol. The number of hydrogen-bond acceptors (Lipinski definition) is 5. The molecule has 0 fully saturated rings. The lowest BCUT2D eigenvalue weighted by molar-refractivity contribution is -0.140. The van der Waals surface area contributed by atoms with Crippen molar-refractivity contribution in [3.05, 3.63) is 99.9 Å². The molecule has 192 valence electrons. The van der Waals surface area contributed by atoms with Gasteiger partial charge in [-0.3, -0.25) is 14.5 Å². The summed E-state index contributed by atoms with van der Waals surface area (Å²) in [5.41, 5.74) is 6.16. The number of carbonyl (C=O) groups is 3. The van der Waals surface area contributed by atoms with Gasteiger partial charge < -0.3 is 15.0 Å². The average Bonchev–Trinajstić information content (AvgIpc) is 3.14. The molecule has 0 spiro atoms. The van der Waals surface area contributed by atoms with Gasteiger partial charge in [-0.1, -0.05) is 24.3 Å². The van der Waals surface area contributed by atoms with E-state index in [-0.39, 0.29) is 18.0 Å². The third kappa shape index (κ3) is 6.59. The standard InChI is InChI=1S/C29H31N3O4S/c1-18-7-11-25(12-8-18)30-19(2)17-31(22(5)33)28(34)27(37-6)16-24-15-20(3)32(21(24)4)26-13-9-23(10-14-26)29(35)36/h7-16,30H,2,17H2,1,3-6H3,(H,35,36)/b27-16-. The molecule has 0 bridgehead atoms. The van der Waals surface area contributed by atoms with Gasteiger partial charge in [-0.25, -0.2) is 4.79 Å². The molecule has 2 N–H and O–H groups in total. The van der Waals surface area contributed by atoms with E-state index in [2.05, 4.69) is 11.9 Å². The highest BCUT2D eigenvalue weighted by Crippen LogP contribution is 2.27. The molecular formula is C29H31N3O4S. The first-order valence-electron chi connectivity index (χ1n) is 11.6. The number of aryl methyl sites for hydroxylation is 2. The van der Waals surface area contributed by atoms with Gasteiger partial charge in [0.1, 0.15) is 0 Å². The van der Waals surface area contributed by atoms with Crippen molar-refractivity contribution >= 4 is 41.3 Å². The second-order valence-electron chi connectivity index (χ2n) is 8.73. The third-order valence-electron chi connectivity index (χ3n) is 5.91. The first-order chi connectivity index (χ1) is 17.5. The number of aromatic nitrogens is 1. The van der Waals surface area contributed by atoms with Crippen molar-refractivity contribution in [3.63, 3.8) is 0 Å². The molecule has 1 aromatic heterocycles. The van der Waals surface area contributed by atoms with Crippen LogP contribution in [0, 0.1) is 20.8 Å². The Bertz CT molecular complexity index is 1370. The van der Waals surface area contributed by atoms with E-state index in [1.54, 1.807) is 36.6 Å². The molecule has 3 aromatic rings. The van der Waals surface area contributed by atoms with Crippen LogP contribution < -0.4 is 5.32 Å². The fourth-order valence-electron chi connectivity index (χ4n) is 3.96. The minimum atomic E-state index is -0.981. The Morgan fingerprint density at radius 1 is 1.05 bits per heavy atom. The summed E-state index contributed by atoms with van der Waals surface area (Å²) in [6, 6.07) is 16.3. The molecule has 2 aromatic carbocycles. The maximum absolute atomic E-state index is 13.4. The van der Waals surface area contributed by atoms with Crippen molar-refractivity contribution in [3.8, 4) is 5.69 Å². The van der Waals surface area contributed by atoms with Crippen LogP contribution in [0.2, 0.25) is 0 Å². The molecule has 0 atom stereocenters. The predicted octanol–water partition coefficient (Wildman–Crippen LogP) is 5.81. The van der Waals surface area contributed by atoms with E-state index in [0.29, 0.717) is 10.6 Å². The number of nitrogens with zero attached hydrogens (tertiary/aromatic N) is 2. The molecule has 0 radical (unpaired) electrons. The van der Waals surface area contributed by atoms with Crippen LogP contribution in [-0.2, 0) is 9.59 Å². The highest BCUT2D eigenvalue weighted by molar-refractivity contribution is 8.03. The van der Waals surface area contributed by atoms with Crippen LogP contribution in [0.25, 0.3) is 11.8 Å². The molecular weight excluding hydrogens is 486 g/mol. The molecule has 1 heterocycles. The highest BCUT2D eigenvalue weighted by atomic mass is 32.2. The number of anilines is 1. The van der Waals surface area contributed by atoms with E-state index in [1.165, 1.54) is 23.6 Å². The Kier molecular flexibility index (Phi) is 8.78. The second kappa shape index (κ2) is 11.8. The maximum Gasteiger partial charge on any atom is 0.335 e. The molecule has 0 aliphatic heterocycles. The van der Waals surface area contributed by atoms with Gasteiger partial charge in [-0.2, -0.15) is 0 Å². The molecule has 37 heavy (non-hydrogen) atoms. The van der Waals surface area contributed by atoms with Gasteiger partial charge in [0.05, 0.1) is 17.0 Å². The number of benzene rings is 2. The number of carboxylic acid groups (broad SMARTS) is 1. The maximum atomic E-state index is 13.4. The second-order valence-corrected chi connectivity index (χ2v) is 9.58. The summed E-state index contributed by atoms with van der Waals surface area (Å²) >= 11 is 1.27. The normalized spacial score (nSPS) is 11.2. The fraction of sp³-hybridized carbons (Fsp3) is 0.207. The van der Waals surface area contributed by atoms with Crippen molar-refractivity contribution in [2.75, 3.05) is 18.1 Å². The summed E-state index contributed by atoms with van der Waals surface area (Å²) in [6.07, 6.45) is 3.58. The molecule has 0 aliphatic rings. The number of carbonyl (C=O) groups excluding carboxylic acids is 2. The average molecular weight is 518 g/mol. The SMILES string of the molecule is C=C(CN(C(C)=O)C(=O)/C(=C/c1cc(C)n(-c2ccc(C(=O)O)cc2)c1C)SC)Nc1ccc(C)cc1. The number of amides is 2. The monoisotopic (exact) mass is 517 g/mol. The number of carboxylic acids is 1. The summed E-state index contributed by atoms with van der Waals surface area (Å²) < 4.78 is 2.00. The lowest BCUT2D eigenvalue weighted by Gasteiger charge is -2.22. The van der Waals surface area contributed by atoms with Crippen LogP contribution in [0.4, 0.5) is 5.69 Å². The summed E-state index contributed by atoms with van der Waals surface area (Å²) in [7, 11) is 0. The minimum absolute atomic E-state index is 0.0366. The van der Waals surface area contributed by atoms with Crippen LogP contribution in [-0.4, -0.2) is 45.2 Å². The van der Waals surface area contributed by atoms with Crippen molar-refractivity contribution in [2.24, 2.45) is 0 Å². The van der Waals surface area contributed by atoms with Gasteiger partial charge in [-0.05, 0) is 81.1 Å². The van der Waals surface area contributed by atoms with Crippen LogP contribution in [0.5, 0.6) is 0 Å². The van der Waals surface area contributed by atoms with Crippen LogP contribution in [0.15, 0.2) is 71.8 Å². The summed E-state index contributed by atoms with van der Waals surface area (Å²) in [5.74, 6) is -1.76. The van der Waals surface area contributed by atoms with E-state index in [1.807, 2.05) is 55.7 Å². The lowest BCUT2D eigenvalue weighted by Crippen LogP contribution is -2.38. The zero-order valence-electron chi connectivity index (χ0n) is 21.7. The smallest absolute Gasteiger partial charge is 0.335 e. The first kappa shape index (κ1) is 27.5. The fourth-order valence-corrected chi connectivity index (χ4v) is 4.49. The quantitative estimate of drug-likeness (QED) is 0.348. The number of hydrogen-bond donors (Lipinski definition) is 2. The Morgan fingerprint density at radius 2 is 1.68 bits per heavy atom. The van der Waals surface area contributed by atoms with E-state index in [4.69, 9.17) is 0 Å². The van der Waals surface area contributed by atoms with Gasteiger partial charge in [0.15, 0.2) is 0 Å². The molecule has 0 saturated carbocycles. The summed E-state index contributed by atoms with van der Waals surface area (Å²) in [4.78, 5) is 38.6. The van der Waals surface area contributed by atoms with Gasteiger partial charge >= 0.3 is 5.97 Å². The third-order valence-corrected chi connectivity index (χ3v) is 6.64. The van der Waals surface area contributed by atoms with Crippen LogP contribution >= 0.6 is 11.8 Å². The Labute approximate surface area is 221 Å². The van der Waals surface area contributed by atoms with Crippen LogP contribution in [0.3, 0.4) is 0 Å². The van der Waals surface area contributed by atoms with Crippen molar-refractivity contribution in [2.45, 2.75) is 27.7 Å². The number of imide groups is 1. The molecule has 3 rings (SSSR count). The molecule has 2 amide bonds. The van der Waals surface area contributed by atoms with Crippen LogP contribution in [0.1, 0.15) is 39.8 Å². The highest BCUT2D eigenvalue weighted by Gasteiger charge is 2.23. The Morgan fingerprint density at radius 3 is 2.22 bits per heavy atom. The number of thioether (sulfide) groups is 1.